The molecule has 9 nitrogen and oxygen atoms in total. The van der Waals surface area contributed by atoms with Crippen LogP contribution in [0.3, 0.4) is 0 Å². The average Bonchev–Trinajstić information content (AvgIpc) is 3.80. The molecule has 3 aliphatic rings. The number of esters is 1. The molecule has 0 saturated heterocycles. The number of anilines is 1. The lowest BCUT2D eigenvalue weighted by Gasteiger charge is -2.23. The van der Waals surface area contributed by atoms with Crippen LogP contribution in [0.2, 0.25) is 0 Å². The molecule has 2 aromatic carbocycles. The van der Waals surface area contributed by atoms with Crippen LogP contribution in [0.4, 0.5) is 5.69 Å². The lowest BCUT2D eigenvalue weighted by molar-refractivity contribution is 0.0594. The van der Waals surface area contributed by atoms with E-state index < -0.39 is 5.97 Å². The highest BCUT2D eigenvalue weighted by molar-refractivity contribution is 7.13. The van der Waals surface area contributed by atoms with E-state index in [0.29, 0.717) is 53.1 Å². The molecule has 2 saturated carbocycles. The molecule has 2 fully saturated rings. The van der Waals surface area contributed by atoms with Crippen LogP contribution < -0.4 is 21.1 Å². The fourth-order valence-electron chi connectivity index (χ4n) is 7.23. The van der Waals surface area contributed by atoms with Crippen LogP contribution in [0.15, 0.2) is 53.9 Å². The minimum atomic E-state index is -0.708. The molecule has 0 radical (unpaired) electrons. The average molecular weight is 637 g/mol. The highest BCUT2D eigenvalue weighted by Gasteiger charge is 2.40. The van der Waals surface area contributed by atoms with E-state index in [9.17, 15) is 14.4 Å². The van der Waals surface area contributed by atoms with Gasteiger partial charge in [0.05, 0.1) is 13.7 Å². The van der Waals surface area contributed by atoms with E-state index in [1.54, 1.807) is 29.5 Å². The zero-order chi connectivity index (χ0) is 31.9. The molecule has 1 aliphatic heterocycles. The second-order valence-corrected chi connectivity index (χ2v) is 13.3. The predicted octanol–water partition coefficient (Wildman–Crippen LogP) is 6.14. The Morgan fingerprint density at radius 3 is 2.63 bits per heavy atom. The molecule has 10 heteroatoms. The zero-order valence-corrected chi connectivity index (χ0v) is 26.7. The van der Waals surface area contributed by atoms with E-state index in [1.807, 2.05) is 36.6 Å². The molecule has 2 amide bonds. The van der Waals surface area contributed by atoms with E-state index in [0.717, 1.165) is 52.8 Å². The lowest BCUT2D eigenvalue weighted by atomic mass is 9.93. The van der Waals surface area contributed by atoms with Crippen molar-refractivity contribution >= 4 is 34.8 Å². The number of nitrogens with one attached hydrogen (secondary N) is 2. The molecule has 0 spiro atoms. The minimum Gasteiger partial charge on any atom is -0.493 e. The van der Waals surface area contributed by atoms with Crippen molar-refractivity contribution in [2.24, 2.45) is 17.6 Å². The van der Waals surface area contributed by atoms with Crippen LogP contribution >= 0.6 is 11.3 Å². The van der Waals surface area contributed by atoms with E-state index >= 15 is 0 Å². The van der Waals surface area contributed by atoms with Crippen molar-refractivity contribution in [1.29, 1.82) is 0 Å². The molecule has 7 rings (SSSR count). The second kappa shape index (κ2) is 12.3. The molecular formula is C36H36N4O5S. The van der Waals surface area contributed by atoms with Crippen LogP contribution in [-0.2, 0) is 17.7 Å². The van der Waals surface area contributed by atoms with Crippen molar-refractivity contribution in [1.82, 2.24) is 10.3 Å². The summed E-state index contributed by atoms with van der Waals surface area (Å²) in [5, 5.41) is 8.24. The summed E-state index contributed by atoms with van der Waals surface area (Å²) in [4.78, 5) is 46.3. The molecule has 3 atom stereocenters. The molecule has 2 bridgehead atoms. The van der Waals surface area contributed by atoms with Gasteiger partial charge in [-0.05, 0) is 96.5 Å². The first-order valence-electron chi connectivity index (χ1n) is 15.7. The Morgan fingerprint density at radius 2 is 1.89 bits per heavy atom. The maximum absolute atomic E-state index is 14.1. The van der Waals surface area contributed by atoms with Crippen molar-refractivity contribution in [3.63, 3.8) is 0 Å². The number of thiophene rings is 1. The monoisotopic (exact) mass is 636 g/mol. The zero-order valence-electron chi connectivity index (χ0n) is 25.9. The van der Waals surface area contributed by atoms with Gasteiger partial charge in [-0.25, -0.2) is 9.78 Å². The Labute approximate surface area is 271 Å². The number of carbonyl (C=O) groups is 3. The Bertz CT molecular complexity index is 1870. The molecule has 4 N–H and O–H groups in total. The molecule has 2 aliphatic carbocycles. The minimum absolute atomic E-state index is 0.0500. The van der Waals surface area contributed by atoms with E-state index in [4.69, 9.17) is 15.2 Å². The fourth-order valence-corrected chi connectivity index (χ4v) is 8.21. The fraction of sp³-hybridized carbons (Fsp3) is 0.333. The first-order valence-corrected chi connectivity index (χ1v) is 16.6. The van der Waals surface area contributed by atoms with Crippen molar-refractivity contribution in [2.75, 3.05) is 19.0 Å². The largest absolute Gasteiger partial charge is 0.493 e. The summed E-state index contributed by atoms with van der Waals surface area (Å²) in [5.74, 6) is 0.374. The summed E-state index contributed by atoms with van der Waals surface area (Å²) in [6.07, 6.45) is 5.22. The van der Waals surface area contributed by atoms with Gasteiger partial charge in [0.1, 0.15) is 11.4 Å². The van der Waals surface area contributed by atoms with Gasteiger partial charge in [0.15, 0.2) is 5.69 Å². The van der Waals surface area contributed by atoms with Crippen molar-refractivity contribution in [2.45, 2.75) is 51.6 Å². The number of amides is 2. The summed E-state index contributed by atoms with van der Waals surface area (Å²) >= 11 is 1.59. The highest BCUT2D eigenvalue weighted by Crippen LogP contribution is 2.45. The maximum Gasteiger partial charge on any atom is 0.357 e. The Hall–Kier alpha value is -4.54. The first kappa shape index (κ1) is 30.1. The lowest BCUT2D eigenvalue weighted by Crippen LogP contribution is -2.39. The number of aromatic nitrogens is 1. The van der Waals surface area contributed by atoms with Crippen LogP contribution in [-0.4, -0.2) is 42.5 Å². The molecule has 4 aromatic rings. The number of carbonyl (C=O) groups excluding carboxylic acids is 3. The normalized spacial score (nSPS) is 19.4. The van der Waals surface area contributed by atoms with Gasteiger partial charge in [-0.1, -0.05) is 18.6 Å². The van der Waals surface area contributed by atoms with Crippen molar-refractivity contribution in [3.05, 3.63) is 87.6 Å². The standard InChI is InChI=1S/C36H36N4O5S/c1-19-13-21(18-37)4-7-28(19)39-34(41)26-16-27-31(45-11-9-22-10-12-46-33(22)27)17-25(26)24-6-8-29(38-32(24)36(43)44-2)35(42)40-30-15-20-3-5-23(30)14-20/h4,6-8,10,12-13,16-17,20,23,30H,3,5,9,11,14-15,18,37H2,1-2H3,(H,39,41)(H,40,42). The van der Waals surface area contributed by atoms with Gasteiger partial charge in [-0.3, -0.25) is 9.59 Å². The number of hydrogen-bond donors (Lipinski definition) is 3. The Kier molecular flexibility index (Phi) is 8.08. The van der Waals surface area contributed by atoms with Crippen LogP contribution in [0.1, 0.15) is 73.7 Å². The quantitative estimate of drug-likeness (QED) is 0.208. The summed E-state index contributed by atoms with van der Waals surface area (Å²) in [6.45, 7) is 2.78. The van der Waals surface area contributed by atoms with Crippen molar-refractivity contribution in [3.8, 4) is 27.3 Å². The number of ether oxygens (including phenoxy) is 2. The Balaban J connectivity index is 1.32. The smallest absolute Gasteiger partial charge is 0.357 e. The number of fused-ring (bicyclic) bond motifs is 5. The molecule has 3 unspecified atom stereocenters. The molecular weight excluding hydrogens is 600 g/mol. The van der Waals surface area contributed by atoms with Gasteiger partial charge < -0.3 is 25.8 Å². The first-order chi connectivity index (χ1) is 22.3. The molecule has 2 aromatic heterocycles. The van der Waals surface area contributed by atoms with Gasteiger partial charge in [-0.15, -0.1) is 11.3 Å². The van der Waals surface area contributed by atoms with Gasteiger partial charge in [0.2, 0.25) is 0 Å². The van der Waals surface area contributed by atoms with E-state index in [1.165, 1.54) is 13.5 Å². The summed E-state index contributed by atoms with van der Waals surface area (Å²) in [7, 11) is 1.27. The number of hydrogen-bond acceptors (Lipinski definition) is 8. The van der Waals surface area contributed by atoms with E-state index in [-0.39, 0.29) is 29.2 Å². The SMILES string of the molecule is COC(=O)c1nc(C(=O)NC2CC3CCC2C3)ccc1-c1cc2c(cc1C(=O)Nc1ccc(CN)cc1C)-c1sccc1CCO2. The molecule has 236 valence electrons. The van der Waals surface area contributed by atoms with Gasteiger partial charge in [-0.2, -0.15) is 0 Å². The maximum atomic E-state index is 14.1. The number of nitrogens with two attached hydrogens (primary N) is 1. The van der Waals surface area contributed by atoms with Crippen LogP contribution in [0.5, 0.6) is 5.75 Å². The number of nitrogens with zero attached hydrogens (tertiary/aromatic N) is 1. The van der Waals surface area contributed by atoms with Crippen molar-refractivity contribution < 1.29 is 23.9 Å². The van der Waals surface area contributed by atoms with Crippen LogP contribution in [0.25, 0.3) is 21.6 Å². The van der Waals surface area contributed by atoms with Gasteiger partial charge in [0, 0.05) is 51.8 Å². The number of pyridine rings is 1. The van der Waals surface area contributed by atoms with Gasteiger partial charge in [0.25, 0.3) is 11.8 Å². The topological polar surface area (TPSA) is 133 Å². The predicted molar refractivity (Wildman–Crippen MR) is 177 cm³/mol. The summed E-state index contributed by atoms with van der Waals surface area (Å²) in [6, 6.07) is 14.7. The van der Waals surface area contributed by atoms with Gasteiger partial charge >= 0.3 is 5.97 Å². The number of methoxy groups -OCH3 is 1. The van der Waals surface area contributed by atoms with Crippen LogP contribution in [0, 0.1) is 18.8 Å². The second-order valence-electron chi connectivity index (χ2n) is 12.4. The third kappa shape index (κ3) is 5.56. The number of benzene rings is 2. The molecule has 3 heterocycles. The third-order valence-corrected chi connectivity index (χ3v) is 10.6. The summed E-state index contributed by atoms with van der Waals surface area (Å²) in [5.41, 5.74) is 11.5. The Morgan fingerprint density at radius 1 is 1.02 bits per heavy atom. The van der Waals surface area contributed by atoms with E-state index in [2.05, 4.69) is 21.7 Å². The molecule has 46 heavy (non-hydrogen) atoms. The highest BCUT2D eigenvalue weighted by atomic mass is 32.1. The number of aryl methyl sites for hydroxylation is 1. The summed E-state index contributed by atoms with van der Waals surface area (Å²) < 4.78 is 11.3. The third-order valence-electron chi connectivity index (χ3n) is 9.61. The number of rotatable bonds is 7.